The molecule has 1 aromatic carbocycles. The molecule has 194 valence electrons. The van der Waals surface area contributed by atoms with Crippen molar-refractivity contribution in [1.29, 1.82) is 0 Å². The first kappa shape index (κ1) is 26.1. The second-order valence-corrected chi connectivity index (χ2v) is 9.85. The Hall–Kier alpha value is -2.94. The zero-order valence-electron chi connectivity index (χ0n) is 20.8. The SMILES string of the molecule is Cc1ccc(C(=O)NCCC2CCCN2C)c(C2CCN(C(=O)c3ccc(C(F)(F)F)cc3)CC2)n1. The number of amides is 2. The molecule has 2 saturated heterocycles. The largest absolute Gasteiger partial charge is 0.416 e. The van der Waals surface area contributed by atoms with Gasteiger partial charge in [-0.1, -0.05) is 0 Å². The van der Waals surface area contributed by atoms with E-state index >= 15 is 0 Å². The zero-order chi connectivity index (χ0) is 25.9. The smallest absolute Gasteiger partial charge is 0.352 e. The molecular weight excluding hydrogens is 469 g/mol. The number of piperidine rings is 1. The van der Waals surface area contributed by atoms with Gasteiger partial charge in [0.1, 0.15) is 0 Å². The molecule has 0 saturated carbocycles. The minimum atomic E-state index is -4.43. The molecule has 6 nitrogen and oxygen atoms in total. The molecule has 2 amide bonds. The maximum Gasteiger partial charge on any atom is 0.416 e. The molecule has 36 heavy (non-hydrogen) atoms. The molecule has 2 fully saturated rings. The zero-order valence-corrected chi connectivity index (χ0v) is 20.8. The number of carbonyl (C=O) groups is 2. The fourth-order valence-electron chi connectivity index (χ4n) is 5.21. The Labute approximate surface area is 209 Å². The summed E-state index contributed by atoms with van der Waals surface area (Å²) in [4.78, 5) is 34.6. The van der Waals surface area contributed by atoms with E-state index in [-0.39, 0.29) is 23.3 Å². The van der Waals surface area contributed by atoms with Crippen molar-refractivity contribution in [1.82, 2.24) is 20.1 Å². The number of aryl methyl sites for hydroxylation is 1. The Morgan fingerprint density at radius 2 is 1.72 bits per heavy atom. The molecule has 0 spiro atoms. The molecule has 9 heteroatoms. The second kappa shape index (κ2) is 11.0. The van der Waals surface area contributed by atoms with Crippen molar-refractivity contribution in [2.75, 3.05) is 33.2 Å². The summed E-state index contributed by atoms with van der Waals surface area (Å²) in [5.41, 5.74) is 1.63. The van der Waals surface area contributed by atoms with E-state index in [1.807, 2.05) is 19.1 Å². The molecule has 1 atom stereocenters. The van der Waals surface area contributed by atoms with E-state index < -0.39 is 11.7 Å². The van der Waals surface area contributed by atoms with Crippen molar-refractivity contribution < 1.29 is 22.8 Å². The summed E-state index contributed by atoms with van der Waals surface area (Å²) in [5.74, 6) is -0.376. The number of nitrogens with zero attached hydrogens (tertiary/aromatic N) is 3. The quantitative estimate of drug-likeness (QED) is 0.625. The van der Waals surface area contributed by atoms with Crippen molar-refractivity contribution >= 4 is 11.8 Å². The summed E-state index contributed by atoms with van der Waals surface area (Å²) in [6.07, 6.45) is 0.111. The van der Waals surface area contributed by atoms with Gasteiger partial charge in [-0.2, -0.15) is 13.2 Å². The molecule has 1 N–H and O–H groups in total. The van der Waals surface area contributed by atoms with Crippen LogP contribution in [0.25, 0.3) is 0 Å². The number of rotatable bonds is 6. The van der Waals surface area contributed by atoms with Crippen molar-refractivity contribution in [2.24, 2.45) is 0 Å². The molecule has 0 aliphatic carbocycles. The Morgan fingerprint density at radius 1 is 1.03 bits per heavy atom. The number of pyridine rings is 1. The molecule has 4 rings (SSSR count). The Kier molecular flexibility index (Phi) is 7.97. The van der Waals surface area contributed by atoms with Crippen molar-refractivity contribution in [2.45, 2.75) is 57.2 Å². The minimum absolute atomic E-state index is 0.0308. The van der Waals surface area contributed by atoms with Crippen LogP contribution in [-0.4, -0.2) is 65.9 Å². The van der Waals surface area contributed by atoms with Gasteiger partial charge in [-0.3, -0.25) is 14.6 Å². The molecule has 1 unspecified atom stereocenters. The lowest BCUT2D eigenvalue weighted by molar-refractivity contribution is -0.137. The lowest BCUT2D eigenvalue weighted by Crippen LogP contribution is -2.38. The third-order valence-electron chi connectivity index (χ3n) is 7.37. The number of carbonyl (C=O) groups excluding carboxylic acids is 2. The number of likely N-dealkylation sites (tertiary alicyclic amines) is 2. The fourth-order valence-corrected chi connectivity index (χ4v) is 5.21. The lowest BCUT2D eigenvalue weighted by Gasteiger charge is -2.32. The average molecular weight is 503 g/mol. The number of aromatic nitrogens is 1. The first-order valence-electron chi connectivity index (χ1n) is 12.6. The van der Waals surface area contributed by atoms with Crippen LogP contribution < -0.4 is 5.32 Å². The fraction of sp³-hybridized carbons (Fsp3) is 0.519. The summed E-state index contributed by atoms with van der Waals surface area (Å²) in [6.45, 7) is 4.51. The van der Waals surface area contributed by atoms with Gasteiger partial charge in [-0.05, 0) is 89.0 Å². The van der Waals surface area contributed by atoms with Gasteiger partial charge < -0.3 is 15.1 Å². The van der Waals surface area contributed by atoms with Crippen molar-refractivity contribution in [3.05, 3.63) is 64.5 Å². The maximum atomic E-state index is 13.0. The van der Waals surface area contributed by atoms with Gasteiger partial charge in [0.25, 0.3) is 11.8 Å². The first-order chi connectivity index (χ1) is 17.1. The van der Waals surface area contributed by atoms with E-state index in [0.717, 1.165) is 42.9 Å². The van der Waals surface area contributed by atoms with Gasteiger partial charge in [0.15, 0.2) is 0 Å². The molecule has 2 aliphatic rings. The normalized spacial score (nSPS) is 19.5. The summed E-state index contributed by atoms with van der Waals surface area (Å²) < 4.78 is 38.5. The molecule has 2 aromatic rings. The number of nitrogens with one attached hydrogen (secondary N) is 1. The van der Waals surface area contributed by atoms with E-state index in [9.17, 15) is 22.8 Å². The van der Waals surface area contributed by atoms with E-state index in [1.165, 1.54) is 18.6 Å². The first-order valence-corrected chi connectivity index (χ1v) is 12.6. The van der Waals surface area contributed by atoms with Gasteiger partial charge in [0.2, 0.25) is 0 Å². The monoisotopic (exact) mass is 502 g/mol. The number of alkyl halides is 3. The number of halogens is 3. The Morgan fingerprint density at radius 3 is 2.33 bits per heavy atom. The summed E-state index contributed by atoms with van der Waals surface area (Å²) in [6, 6.07) is 8.50. The van der Waals surface area contributed by atoms with E-state index in [4.69, 9.17) is 4.98 Å². The highest BCUT2D eigenvalue weighted by Gasteiger charge is 2.32. The molecular formula is C27H33F3N4O2. The van der Waals surface area contributed by atoms with Crippen molar-refractivity contribution in [3.8, 4) is 0 Å². The molecule has 0 radical (unpaired) electrons. The second-order valence-electron chi connectivity index (χ2n) is 9.85. The van der Waals surface area contributed by atoms with E-state index in [1.54, 1.807) is 4.90 Å². The van der Waals surface area contributed by atoms with Crippen LogP contribution in [0.5, 0.6) is 0 Å². The lowest BCUT2D eigenvalue weighted by atomic mass is 9.89. The summed E-state index contributed by atoms with van der Waals surface area (Å²) >= 11 is 0. The molecule has 3 heterocycles. The predicted molar refractivity (Wildman–Crippen MR) is 131 cm³/mol. The third kappa shape index (κ3) is 6.06. The molecule has 2 aliphatic heterocycles. The van der Waals surface area contributed by atoms with E-state index in [2.05, 4.69) is 17.3 Å². The minimum Gasteiger partial charge on any atom is -0.352 e. The molecule has 0 bridgehead atoms. The highest BCUT2D eigenvalue weighted by molar-refractivity contribution is 5.96. The van der Waals surface area contributed by atoms with E-state index in [0.29, 0.717) is 44.1 Å². The van der Waals surface area contributed by atoms with Crippen LogP contribution in [0.1, 0.15) is 75.7 Å². The standard InChI is InChI=1S/C27H33F3N4O2/c1-18-5-10-23(25(35)31-14-11-22-4-3-15-33(22)2)24(32-18)19-12-16-34(17-13-19)26(36)20-6-8-21(9-7-20)27(28,29)30/h5-10,19,22H,3-4,11-17H2,1-2H3,(H,31,35). The van der Waals surface area contributed by atoms with Crippen LogP contribution in [0.4, 0.5) is 13.2 Å². The van der Waals surface area contributed by atoms with Crippen LogP contribution in [0.2, 0.25) is 0 Å². The van der Waals surface area contributed by atoms with Gasteiger partial charge in [0.05, 0.1) is 16.8 Å². The number of hydrogen-bond acceptors (Lipinski definition) is 4. The van der Waals surface area contributed by atoms with Crippen LogP contribution >= 0.6 is 0 Å². The maximum absolute atomic E-state index is 13.0. The van der Waals surface area contributed by atoms with Crippen LogP contribution in [-0.2, 0) is 6.18 Å². The van der Waals surface area contributed by atoms with Gasteiger partial charge in [-0.25, -0.2) is 0 Å². The number of benzene rings is 1. The molecule has 1 aromatic heterocycles. The summed E-state index contributed by atoms with van der Waals surface area (Å²) in [7, 11) is 2.12. The highest BCUT2D eigenvalue weighted by atomic mass is 19.4. The van der Waals surface area contributed by atoms with Crippen LogP contribution in [0.15, 0.2) is 36.4 Å². The Balaban J connectivity index is 1.37. The van der Waals surface area contributed by atoms with Gasteiger partial charge >= 0.3 is 6.18 Å². The average Bonchev–Trinajstić information content (AvgIpc) is 3.27. The van der Waals surface area contributed by atoms with Crippen molar-refractivity contribution in [3.63, 3.8) is 0 Å². The predicted octanol–water partition coefficient (Wildman–Crippen LogP) is 4.64. The van der Waals surface area contributed by atoms with Crippen LogP contribution in [0, 0.1) is 6.92 Å². The Bertz CT molecular complexity index is 1080. The van der Waals surface area contributed by atoms with Gasteiger partial charge in [0, 0.05) is 42.9 Å². The highest BCUT2D eigenvalue weighted by Crippen LogP contribution is 2.32. The van der Waals surface area contributed by atoms with Gasteiger partial charge in [-0.15, -0.1) is 0 Å². The third-order valence-corrected chi connectivity index (χ3v) is 7.37. The topological polar surface area (TPSA) is 65.5 Å². The number of hydrogen-bond donors (Lipinski definition) is 1. The summed E-state index contributed by atoms with van der Waals surface area (Å²) in [5, 5.41) is 3.06. The van der Waals surface area contributed by atoms with Crippen LogP contribution in [0.3, 0.4) is 0 Å².